The van der Waals surface area contributed by atoms with Crippen molar-refractivity contribution in [2.45, 2.75) is 26.7 Å². The fraction of sp³-hybridized carbons (Fsp3) is 0.533. The summed E-state index contributed by atoms with van der Waals surface area (Å²) < 4.78 is 0. The lowest BCUT2D eigenvalue weighted by Crippen LogP contribution is -2.27. The van der Waals surface area contributed by atoms with E-state index in [-0.39, 0.29) is 0 Å². The topological polar surface area (TPSA) is 39.7 Å². The van der Waals surface area contributed by atoms with Crippen molar-refractivity contribution >= 4 is 17.3 Å². The lowest BCUT2D eigenvalue weighted by atomic mass is 10.0. The van der Waals surface area contributed by atoms with Crippen LogP contribution in [-0.4, -0.2) is 33.1 Å². The number of hydrogen-bond donors (Lipinski definition) is 2. The molecule has 0 fully saturated rings. The van der Waals surface area contributed by atoms with E-state index in [0.717, 1.165) is 31.9 Å². The second kappa shape index (κ2) is 5.95. The monoisotopic (exact) mass is 260 g/mol. The smallest absolute Gasteiger partial charge is 0.195 e. The second-order valence-corrected chi connectivity index (χ2v) is 5.02. The van der Waals surface area contributed by atoms with Crippen LogP contribution < -0.4 is 15.5 Å². The lowest BCUT2D eigenvalue weighted by molar-refractivity contribution is 0.958. The maximum Gasteiger partial charge on any atom is 0.195 e. The first-order chi connectivity index (χ1) is 9.15. The third kappa shape index (κ3) is 3.00. The van der Waals surface area contributed by atoms with Crippen LogP contribution in [0.4, 0.5) is 11.4 Å². The summed E-state index contributed by atoms with van der Waals surface area (Å²) in [5.74, 6) is 0.905. The molecule has 1 aromatic rings. The van der Waals surface area contributed by atoms with E-state index >= 15 is 0 Å². The number of guanidine groups is 1. The van der Waals surface area contributed by atoms with Gasteiger partial charge in [0.05, 0.1) is 6.54 Å². The normalized spacial score (nSPS) is 14.0. The van der Waals surface area contributed by atoms with Crippen LogP contribution in [0.2, 0.25) is 0 Å². The number of nitrogens with zero attached hydrogens (tertiary/aromatic N) is 2. The Morgan fingerprint density at radius 2 is 1.84 bits per heavy atom. The van der Waals surface area contributed by atoms with Crippen LogP contribution in [0.15, 0.2) is 17.1 Å². The van der Waals surface area contributed by atoms with Gasteiger partial charge in [-0.3, -0.25) is 4.99 Å². The first-order valence-electron chi connectivity index (χ1n) is 7.04. The van der Waals surface area contributed by atoms with Gasteiger partial charge in [-0.2, -0.15) is 0 Å². The van der Waals surface area contributed by atoms with Gasteiger partial charge < -0.3 is 15.5 Å². The van der Waals surface area contributed by atoms with Crippen LogP contribution in [0, 0.1) is 0 Å². The summed E-state index contributed by atoms with van der Waals surface area (Å²) in [4.78, 5) is 6.58. The van der Waals surface area contributed by atoms with Crippen LogP contribution >= 0.6 is 0 Å². The Morgan fingerprint density at radius 3 is 2.26 bits per heavy atom. The van der Waals surface area contributed by atoms with Crippen molar-refractivity contribution in [3.63, 3.8) is 0 Å². The van der Waals surface area contributed by atoms with E-state index in [2.05, 4.69) is 60.6 Å². The van der Waals surface area contributed by atoms with Crippen molar-refractivity contribution in [3.05, 3.63) is 23.3 Å². The highest BCUT2D eigenvalue weighted by Gasteiger charge is 2.13. The largest absolute Gasteiger partial charge is 0.378 e. The van der Waals surface area contributed by atoms with Crippen molar-refractivity contribution in [1.82, 2.24) is 5.32 Å². The third-order valence-electron chi connectivity index (χ3n) is 3.48. The van der Waals surface area contributed by atoms with E-state index in [9.17, 15) is 0 Å². The van der Waals surface area contributed by atoms with Gasteiger partial charge in [0.1, 0.15) is 0 Å². The summed E-state index contributed by atoms with van der Waals surface area (Å²) in [5.41, 5.74) is 5.18. The zero-order chi connectivity index (χ0) is 13.8. The van der Waals surface area contributed by atoms with Crippen molar-refractivity contribution in [2.75, 3.05) is 37.4 Å². The molecule has 1 aromatic carbocycles. The Bertz CT molecular complexity index is 452. The molecular weight excluding hydrogens is 236 g/mol. The first kappa shape index (κ1) is 13.7. The van der Waals surface area contributed by atoms with Gasteiger partial charge in [-0.1, -0.05) is 13.8 Å². The summed E-state index contributed by atoms with van der Waals surface area (Å²) in [6.45, 7) is 6.19. The molecule has 4 nitrogen and oxygen atoms in total. The molecule has 4 heteroatoms. The van der Waals surface area contributed by atoms with Crippen LogP contribution in [0.5, 0.6) is 0 Å². The molecule has 1 heterocycles. The highest BCUT2D eigenvalue weighted by Crippen LogP contribution is 2.28. The molecule has 2 N–H and O–H groups in total. The van der Waals surface area contributed by atoms with Crippen molar-refractivity contribution in [3.8, 4) is 0 Å². The van der Waals surface area contributed by atoms with Crippen molar-refractivity contribution in [2.24, 2.45) is 4.99 Å². The average Bonchev–Trinajstić information content (AvgIpc) is 2.91. The number of nitrogens with one attached hydrogen (secondary N) is 2. The predicted molar refractivity (Wildman–Crippen MR) is 83.5 cm³/mol. The fourth-order valence-electron chi connectivity index (χ4n) is 2.33. The third-order valence-corrected chi connectivity index (χ3v) is 3.48. The number of aliphatic imine (C=N–C) groups is 1. The second-order valence-electron chi connectivity index (χ2n) is 5.02. The van der Waals surface area contributed by atoms with Crippen LogP contribution in [0.3, 0.4) is 0 Å². The molecular formula is C15H24N4. The van der Waals surface area contributed by atoms with Gasteiger partial charge in [-0.25, -0.2) is 0 Å². The molecule has 0 saturated heterocycles. The Labute approximate surface area is 115 Å². The number of anilines is 2. The highest BCUT2D eigenvalue weighted by atomic mass is 15.2. The van der Waals surface area contributed by atoms with Crippen LogP contribution in [0.25, 0.3) is 0 Å². The van der Waals surface area contributed by atoms with Gasteiger partial charge in [-0.05, 0) is 36.1 Å². The van der Waals surface area contributed by atoms with E-state index in [1.807, 2.05) is 0 Å². The number of hydrogen-bond acceptors (Lipinski definition) is 4. The standard InChI is InChI=1S/C15H24N4/c1-5-11-9-13(19(3)4)10-12(6-2)14(11)18-15-16-7-8-17-15/h9-10H,5-8H2,1-4H3,(H2,16,17,18). The molecule has 0 unspecified atom stereocenters. The molecule has 0 atom stereocenters. The first-order valence-corrected chi connectivity index (χ1v) is 7.04. The summed E-state index contributed by atoms with van der Waals surface area (Å²) in [5, 5.41) is 6.74. The van der Waals surface area contributed by atoms with Gasteiger partial charge in [0.2, 0.25) is 0 Å². The molecule has 104 valence electrons. The molecule has 2 rings (SSSR count). The van der Waals surface area contributed by atoms with E-state index in [0.29, 0.717) is 0 Å². The Balaban J connectivity index is 2.39. The molecule has 0 aromatic heterocycles. The lowest BCUT2D eigenvalue weighted by Gasteiger charge is -2.20. The van der Waals surface area contributed by atoms with Crippen molar-refractivity contribution in [1.29, 1.82) is 0 Å². The van der Waals surface area contributed by atoms with E-state index in [1.54, 1.807) is 0 Å². The number of rotatable bonds is 4. The minimum atomic E-state index is 0.862. The molecule has 0 amide bonds. The average molecular weight is 260 g/mol. The van der Waals surface area contributed by atoms with Crippen molar-refractivity contribution < 1.29 is 0 Å². The van der Waals surface area contributed by atoms with Gasteiger partial charge in [0, 0.05) is 32.0 Å². The van der Waals surface area contributed by atoms with Crippen LogP contribution in [0.1, 0.15) is 25.0 Å². The van der Waals surface area contributed by atoms with Gasteiger partial charge in [-0.15, -0.1) is 0 Å². The molecule has 0 bridgehead atoms. The SMILES string of the molecule is CCc1cc(N(C)C)cc(CC)c1NC1=NCCN1. The molecule has 0 radical (unpaired) electrons. The summed E-state index contributed by atoms with van der Waals surface area (Å²) in [6.07, 6.45) is 2.04. The van der Waals surface area contributed by atoms with Gasteiger partial charge in [0.25, 0.3) is 0 Å². The zero-order valence-electron chi connectivity index (χ0n) is 12.4. The summed E-state index contributed by atoms with van der Waals surface area (Å²) in [7, 11) is 4.17. The maximum absolute atomic E-state index is 4.42. The van der Waals surface area contributed by atoms with E-state index < -0.39 is 0 Å². The fourth-order valence-corrected chi connectivity index (χ4v) is 2.33. The minimum absolute atomic E-state index is 0.862. The van der Waals surface area contributed by atoms with E-state index in [4.69, 9.17) is 0 Å². The highest BCUT2D eigenvalue weighted by molar-refractivity contribution is 5.96. The Kier molecular flexibility index (Phi) is 4.30. The molecule has 0 saturated carbocycles. The van der Waals surface area contributed by atoms with E-state index in [1.165, 1.54) is 22.5 Å². The zero-order valence-corrected chi connectivity index (χ0v) is 12.4. The van der Waals surface area contributed by atoms with Crippen LogP contribution in [-0.2, 0) is 12.8 Å². The Morgan fingerprint density at radius 1 is 1.21 bits per heavy atom. The number of benzene rings is 1. The minimum Gasteiger partial charge on any atom is -0.378 e. The quantitative estimate of drug-likeness (QED) is 0.872. The molecule has 1 aliphatic heterocycles. The predicted octanol–water partition coefficient (Wildman–Crippen LogP) is 2.25. The number of aryl methyl sites for hydroxylation is 2. The molecule has 0 spiro atoms. The maximum atomic E-state index is 4.42. The van der Waals surface area contributed by atoms with Gasteiger partial charge in [0.15, 0.2) is 5.96 Å². The molecule has 0 aliphatic carbocycles. The molecule has 19 heavy (non-hydrogen) atoms. The summed E-state index contributed by atoms with van der Waals surface area (Å²) >= 11 is 0. The van der Waals surface area contributed by atoms with Gasteiger partial charge >= 0.3 is 0 Å². The summed E-state index contributed by atoms with van der Waals surface area (Å²) in [6, 6.07) is 4.52. The Hall–Kier alpha value is -1.71. The molecule has 1 aliphatic rings.